The summed E-state index contributed by atoms with van der Waals surface area (Å²) in [6.45, 7) is 0.772. The topological polar surface area (TPSA) is 41.8 Å². The number of carbonyl (C=O) groups excluding carboxylic acids is 1. The summed E-state index contributed by atoms with van der Waals surface area (Å²) in [5.41, 5.74) is 1.63. The van der Waals surface area contributed by atoms with Crippen LogP contribution in [-0.2, 0) is 4.79 Å². The molecular weight excluding hydrogens is 140 g/mol. The molecule has 0 atom stereocenters. The first kappa shape index (κ1) is 6.46. The Morgan fingerprint density at radius 2 is 2.36 bits per heavy atom. The van der Waals surface area contributed by atoms with Crippen LogP contribution in [0.3, 0.4) is 0 Å². The monoisotopic (exact) mass is 148 g/mol. The van der Waals surface area contributed by atoms with E-state index in [0.29, 0.717) is 5.71 Å². The number of nitrogens with zero attached hydrogens (tertiary/aromatic N) is 2. The van der Waals surface area contributed by atoms with Crippen molar-refractivity contribution in [3.8, 4) is 0 Å². The molecule has 0 aliphatic carbocycles. The molecule has 0 N–H and O–H groups in total. The first-order valence-corrected chi connectivity index (χ1v) is 3.70. The van der Waals surface area contributed by atoms with Gasteiger partial charge in [-0.3, -0.25) is 9.79 Å². The molecule has 0 fully saturated rings. The highest BCUT2D eigenvalue weighted by Crippen LogP contribution is 2.16. The van der Waals surface area contributed by atoms with Crippen LogP contribution in [0.1, 0.15) is 12.8 Å². The second-order valence-corrected chi connectivity index (χ2v) is 2.61. The van der Waals surface area contributed by atoms with Gasteiger partial charge in [-0.05, 0) is 24.5 Å². The summed E-state index contributed by atoms with van der Waals surface area (Å²) in [7, 11) is 0. The summed E-state index contributed by atoms with van der Waals surface area (Å²) < 4.78 is 0. The van der Waals surface area contributed by atoms with Crippen molar-refractivity contribution in [3.05, 3.63) is 11.6 Å². The zero-order valence-corrected chi connectivity index (χ0v) is 6.08. The van der Waals surface area contributed by atoms with E-state index in [1.807, 2.05) is 6.08 Å². The molecule has 56 valence electrons. The van der Waals surface area contributed by atoms with Gasteiger partial charge in [0.25, 0.3) is 5.91 Å². The molecule has 0 saturated heterocycles. The summed E-state index contributed by atoms with van der Waals surface area (Å²) in [6, 6.07) is 0. The van der Waals surface area contributed by atoms with Crippen molar-refractivity contribution in [2.75, 3.05) is 6.54 Å². The van der Waals surface area contributed by atoms with Gasteiger partial charge < -0.3 is 0 Å². The SMILES string of the molecule is O=C1N=CC=C2CCCN=C12. The minimum atomic E-state index is -0.179. The molecule has 0 unspecified atom stereocenters. The van der Waals surface area contributed by atoms with Gasteiger partial charge in [-0.25, -0.2) is 4.99 Å². The lowest BCUT2D eigenvalue weighted by Gasteiger charge is -2.14. The fourth-order valence-electron chi connectivity index (χ4n) is 1.30. The fourth-order valence-corrected chi connectivity index (χ4v) is 1.30. The van der Waals surface area contributed by atoms with Crippen LogP contribution in [0.25, 0.3) is 0 Å². The lowest BCUT2D eigenvalue weighted by Crippen LogP contribution is -2.21. The Balaban J connectivity index is 2.43. The number of hydrogen-bond donors (Lipinski definition) is 0. The van der Waals surface area contributed by atoms with Crippen molar-refractivity contribution in [3.63, 3.8) is 0 Å². The van der Waals surface area contributed by atoms with E-state index in [2.05, 4.69) is 9.98 Å². The first-order valence-electron chi connectivity index (χ1n) is 3.70. The van der Waals surface area contributed by atoms with Gasteiger partial charge in [0.2, 0.25) is 0 Å². The highest BCUT2D eigenvalue weighted by atomic mass is 16.1. The van der Waals surface area contributed by atoms with Crippen LogP contribution in [-0.4, -0.2) is 24.4 Å². The zero-order valence-electron chi connectivity index (χ0n) is 6.08. The Labute approximate surface area is 64.5 Å². The number of aliphatic imine (C=N–C) groups is 2. The Kier molecular flexibility index (Phi) is 1.42. The second kappa shape index (κ2) is 2.42. The van der Waals surface area contributed by atoms with Gasteiger partial charge in [0.05, 0.1) is 0 Å². The van der Waals surface area contributed by atoms with E-state index in [1.54, 1.807) is 6.21 Å². The fraction of sp³-hybridized carbons (Fsp3) is 0.375. The van der Waals surface area contributed by atoms with E-state index in [-0.39, 0.29) is 5.91 Å². The second-order valence-electron chi connectivity index (χ2n) is 2.61. The molecule has 2 aliphatic heterocycles. The Bertz CT molecular complexity index is 286. The molecule has 0 radical (unpaired) electrons. The van der Waals surface area contributed by atoms with Crippen LogP contribution in [0.4, 0.5) is 0 Å². The molecule has 2 heterocycles. The van der Waals surface area contributed by atoms with Crippen LogP contribution in [0.5, 0.6) is 0 Å². The van der Waals surface area contributed by atoms with Gasteiger partial charge in [-0.2, -0.15) is 0 Å². The van der Waals surface area contributed by atoms with Crippen LogP contribution in [0.2, 0.25) is 0 Å². The molecule has 0 spiro atoms. The minimum Gasteiger partial charge on any atom is -0.279 e. The molecule has 0 bridgehead atoms. The average molecular weight is 148 g/mol. The average Bonchev–Trinajstić information content (AvgIpc) is 2.06. The van der Waals surface area contributed by atoms with Crippen molar-refractivity contribution < 1.29 is 4.79 Å². The van der Waals surface area contributed by atoms with Crippen molar-refractivity contribution in [2.45, 2.75) is 12.8 Å². The number of rotatable bonds is 0. The highest BCUT2D eigenvalue weighted by molar-refractivity contribution is 6.48. The molecule has 1 amide bonds. The predicted molar refractivity (Wildman–Crippen MR) is 43.1 cm³/mol. The van der Waals surface area contributed by atoms with E-state index in [9.17, 15) is 4.79 Å². The third kappa shape index (κ3) is 1.02. The van der Waals surface area contributed by atoms with E-state index in [4.69, 9.17) is 0 Å². The number of carbonyl (C=O) groups is 1. The van der Waals surface area contributed by atoms with Crippen LogP contribution < -0.4 is 0 Å². The van der Waals surface area contributed by atoms with Gasteiger partial charge in [-0.15, -0.1) is 0 Å². The zero-order chi connectivity index (χ0) is 7.68. The molecule has 0 aromatic heterocycles. The standard InChI is InChI=1S/C8H8N2O/c11-8-7-6(3-5-10-8)2-1-4-9-7/h3,5H,1-2,4H2. The highest BCUT2D eigenvalue weighted by Gasteiger charge is 2.19. The maximum Gasteiger partial charge on any atom is 0.295 e. The number of amides is 1. The lowest BCUT2D eigenvalue weighted by molar-refractivity contribution is -0.111. The van der Waals surface area contributed by atoms with Crippen molar-refractivity contribution >= 4 is 17.8 Å². The van der Waals surface area contributed by atoms with Crippen LogP contribution in [0, 0.1) is 0 Å². The van der Waals surface area contributed by atoms with Gasteiger partial charge >= 0.3 is 0 Å². The van der Waals surface area contributed by atoms with E-state index < -0.39 is 0 Å². The van der Waals surface area contributed by atoms with E-state index in [1.165, 1.54) is 0 Å². The van der Waals surface area contributed by atoms with Gasteiger partial charge in [0, 0.05) is 12.8 Å². The molecule has 3 nitrogen and oxygen atoms in total. The molecule has 11 heavy (non-hydrogen) atoms. The van der Waals surface area contributed by atoms with Crippen molar-refractivity contribution in [2.24, 2.45) is 9.98 Å². The minimum absolute atomic E-state index is 0.179. The van der Waals surface area contributed by atoms with E-state index >= 15 is 0 Å². The maximum atomic E-state index is 11.1. The molecule has 0 saturated carbocycles. The molecule has 0 aromatic carbocycles. The first-order chi connectivity index (χ1) is 5.38. The predicted octanol–water partition coefficient (Wildman–Crippen LogP) is 0.759. The summed E-state index contributed by atoms with van der Waals surface area (Å²) in [5.74, 6) is -0.179. The number of allylic oxidation sites excluding steroid dienone is 1. The van der Waals surface area contributed by atoms with Crippen LogP contribution >= 0.6 is 0 Å². The number of hydrogen-bond acceptors (Lipinski definition) is 2. The summed E-state index contributed by atoms with van der Waals surface area (Å²) in [6.07, 6.45) is 5.45. The number of dihydropyridines is 1. The molecule has 2 rings (SSSR count). The Morgan fingerprint density at radius 1 is 1.45 bits per heavy atom. The smallest absolute Gasteiger partial charge is 0.279 e. The number of fused-ring (bicyclic) bond motifs is 1. The third-order valence-corrected chi connectivity index (χ3v) is 1.85. The largest absolute Gasteiger partial charge is 0.295 e. The van der Waals surface area contributed by atoms with Crippen LogP contribution in [0.15, 0.2) is 21.6 Å². The van der Waals surface area contributed by atoms with Crippen molar-refractivity contribution in [1.82, 2.24) is 0 Å². The van der Waals surface area contributed by atoms with Gasteiger partial charge in [0.15, 0.2) is 0 Å². The summed E-state index contributed by atoms with van der Waals surface area (Å²) >= 11 is 0. The third-order valence-electron chi connectivity index (χ3n) is 1.85. The summed E-state index contributed by atoms with van der Waals surface area (Å²) in [5, 5.41) is 0. The quantitative estimate of drug-likeness (QED) is 0.500. The molecular formula is C8H8N2O. The van der Waals surface area contributed by atoms with Crippen molar-refractivity contribution in [1.29, 1.82) is 0 Å². The normalized spacial score (nSPS) is 22.4. The Hall–Kier alpha value is -1.25. The van der Waals surface area contributed by atoms with E-state index in [0.717, 1.165) is 25.0 Å². The molecule has 2 aliphatic rings. The molecule has 3 heteroatoms. The molecule has 0 aromatic rings. The maximum absolute atomic E-state index is 11.1. The Morgan fingerprint density at radius 3 is 3.18 bits per heavy atom. The van der Waals surface area contributed by atoms with Gasteiger partial charge in [-0.1, -0.05) is 0 Å². The summed E-state index contributed by atoms with van der Waals surface area (Å²) in [4.78, 5) is 18.8. The lowest BCUT2D eigenvalue weighted by atomic mass is 10.00. The van der Waals surface area contributed by atoms with Gasteiger partial charge in [0.1, 0.15) is 5.71 Å².